The normalized spacial score (nSPS) is 12.5. The lowest BCUT2D eigenvalue weighted by Gasteiger charge is -2.23. The molecule has 0 saturated carbocycles. The van der Waals surface area contributed by atoms with Gasteiger partial charge in [-0.1, -0.05) is 62.4 Å². The number of fused-ring (bicyclic) bond motifs is 3. The number of carbonyl (C=O) groups excluding carboxylic acids is 2. The van der Waals surface area contributed by atoms with Gasteiger partial charge in [0.1, 0.15) is 16.5 Å². The van der Waals surface area contributed by atoms with Crippen LogP contribution in [0.5, 0.6) is 0 Å². The molecule has 182 valence electrons. The molecule has 0 unspecified atom stereocenters. The number of carboxylic acids is 1. The maximum absolute atomic E-state index is 12.6. The van der Waals surface area contributed by atoms with Gasteiger partial charge in [0.15, 0.2) is 0 Å². The van der Waals surface area contributed by atoms with Gasteiger partial charge in [0.2, 0.25) is 5.91 Å². The van der Waals surface area contributed by atoms with Crippen molar-refractivity contribution < 1.29 is 24.2 Å². The number of carbonyl (C=O) groups is 3. The van der Waals surface area contributed by atoms with Crippen LogP contribution in [0.15, 0.2) is 54.7 Å². The first kappa shape index (κ1) is 24.4. The highest BCUT2D eigenvalue weighted by atomic mass is 32.1. The SMILES string of the molecule is CC(C)(CCNC(=O)OCC1c2ccccc2-c2ccccc21)C(=O)NCc1ncc(C(=O)O)s1. The van der Waals surface area contributed by atoms with Crippen LogP contribution in [-0.4, -0.2) is 41.2 Å². The Morgan fingerprint density at radius 2 is 1.66 bits per heavy atom. The van der Waals surface area contributed by atoms with E-state index < -0.39 is 17.5 Å². The summed E-state index contributed by atoms with van der Waals surface area (Å²) in [7, 11) is 0. The number of aromatic nitrogens is 1. The highest BCUT2D eigenvalue weighted by Gasteiger charge is 2.30. The van der Waals surface area contributed by atoms with Crippen molar-refractivity contribution in [2.75, 3.05) is 13.2 Å². The summed E-state index contributed by atoms with van der Waals surface area (Å²) in [4.78, 5) is 40.0. The third kappa shape index (κ3) is 5.51. The zero-order valence-electron chi connectivity index (χ0n) is 19.5. The number of amides is 2. The van der Waals surface area contributed by atoms with Crippen LogP contribution in [0.3, 0.4) is 0 Å². The number of alkyl carbamates (subject to hydrolysis) is 1. The number of ether oxygens (including phenoxy) is 1. The summed E-state index contributed by atoms with van der Waals surface area (Å²) < 4.78 is 5.54. The summed E-state index contributed by atoms with van der Waals surface area (Å²) >= 11 is 1.02. The number of nitrogens with zero attached hydrogens (tertiary/aromatic N) is 1. The zero-order chi connectivity index (χ0) is 25.0. The van der Waals surface area contributed by atoms with E-state index in [-0.39, 0.29) is 36.4 Å². The van der Waals surface area contributed by atoms with Crippen LogP contribution >= 0.6 is 11.3 Å². The maximum Gasteiger partial charge on any atom is 0.407 e. The molecule has 1 aromatic heterocycles. The van der Waals surface area contributed by atoms with Gasteiger partial charge in [0, 0.05) is 17.9 Å². The molecule has 2 aromatic carbocycles. The molecule has 0 atom stereocenters. The second-order valence-corrected chi connectivity index (χ2v) is 10.1. The predicted octanol–water partition coefficient (Wildman–Crippen LogP) is 4.41. The van der Waals surface area contributed by atoms with Gasteiger partial charge in [-0.2, -0.15) is 0 Å². The van der Waals surface area contributed by atoms with Gasteiger partial charge < -0.3 is 20.5 Å². The van der Waals surface area contributed by atoms with Gasteiger partial charge in [-0.25, -0.2) is 14.6 Å². The minimum atomic E-state index is -1.04. The number of thiazole rings is 1. The van der Waals surface area contributed by atoms with Crippen molar-refractivity contribution >= 4 is 29.3 Å². The first-order valence-corrected chi connectivity index (χ1v) is 12.1. The Labute approximate surface area is 207 Å². The molecule has 8 nitrogen and oxygen atoms in total. The van der Waals surface area contributed by atoms with Crippen LogP contribution in [0.2, 0.25) is 0 Å². The largest absolute Gasteiger partial charge is 0.477 e. The number of rotatable bonds is 9. The standard InChI is InChI=1S/C26H27N3O5S/c1-26(2,24(32)29-14-22-28-13-21(35-22)23(30)31)11-12-27-25(33)34-15-20-18-9-5-3-7-16(18)17-8-4-6-10-19(17)20/h3-10,13,20H,11-12,14-15H2,1-2H3,(H,27,33)(H,29,32)(H,30,31). The molecule has 0 spiro atoms. The molecule has 4 rings (SSSR count). The van der Waals surface area contributed by atoms with Crippen molar-refractivity contribution in [2.45, 2.75) is 32.7 Å². The topological polar surface area (TPSA) is 118 Å². The Bertz CT molecular complexity index is 1210. The van der Waals surface area contributed by atoms with Crippen LogP contribution in [0.25, 0.3) is 11.1 Å². The lowest BCUT2D eigenvalue weighted by molar-refractivity contribution is -0.129. The molecule has 35 heavy (non-hydrogen) atoms. The summed E-state index contributed by atoms with van der Waals surface area (Å²) in [5.74, 6) is -1.26. The van der Waals surface area contributed by atoms with Crippen LogP contribution in [0, 0.1) is 5.41 Å². The number of hydrogen-bond acceptors (Lipinski definition) is 6. The molecule has 1 aliphatic carbocycles. The fourth-order valence-corrected chi connectivity index (χ4v) is 4.82. The van der Waals surface area contributed by atoms with Crippen LogP contribution in [0.1, 0.15) is 52.0 Å². The van der Waals surface area contributed by atoms with Gasteiger partial charge in [-0.3, -0.25) is 4.79 Å². The first-order chi connectivity index (χ1) is 16.8. The summed E-state index contributed by atoms with van der Waals surface area (Å²) in [5, 5.41) is 15.0. The zero-order valence-corrected chi connectivity index (χ0v) is 20.4. The van der Waals surface area contributed by atoms with E-state index in [1.165, 1.54) is 17.3 Å². The summed E-state index contributed by atoms with van der Waals surface area (Å²) in [6.45, 7) is 4.23. The van der Waals surface area contributed by atoms with Crippen LogP contribution in [-0.2, 0) is 16.1 Å². The van der Waals surface area contributed by atoms with Gasteiger partial charge >= 0.3 is 12.1 Å². The fraction of sp³-hybridized carbons (Fsp3) is 0.308. The second-order valence-electron chi connectivity index (χ2n) is 8.99. The third-order valence-corrected chi connectivity index (χ3v) is 7.13. The minimum absolute atomic E-state index is 0.0112. The van der Waals surface area contributed by atoms with Crippen molar-refractivity contribution in [3.63, 3.8) is 0 Å². The molecule has 1 heterocycles. The highest BCUT2D eigenvalue weighted by molar-refractivity contribution is 7.13. The Kier molecular flexibility index (Phi) is 7.16. The van der Waals surface area contributed by atoms with E-state index in [4.69, 9.17) is 9.84 Å². The quantitative estimate of drug-likeness (QED) is 0.406. The van der Waals surface area contributed by atoms with E-state index in [0.717, 1.165) is 22.5 Å². The van der Waals surface area contributed by atoms with Crippen molar-refractivity contribution in [2.24, 2.45) is 5.41 Å². The van der Waals surface area contributed by atoms with Crippen LogP contribution in [0.4, 0.5) is 4.79 Å². The first-order valence-electron chi connectivity index (χ1n) is 11.3. The van der Waals surface area contributed by atoms with E-state index in [1.807, 2.05) is 24.3 Å². The maximum atomic E-state index is 12.6. The lowest BCUT2D eigenvalue weighted by Crippen LogP contribution is -2.39. The lowest BCUT2D eigenvalue weighted by atomic mass is 9.88. The van der Waals surface area contributed by atoms with Crippen molar-refractivity contribution in [1.29, 1.82) is 0 Å². The highest BCUT2D eigenvalue weighted by Crippen LogP contribution is 2.44. The molecular formula is C26H27N3O5S. The Morgan fingerprint density at radius 3 is 2.26 bits per heavy atom. The fourth-order valence-electron chi connectivity index (χ4n) is 4.13. The molecule has 0 aliphatic heterocycles. The average molecular weight is 494 g/mol. The molecule has 1 aliphatic rings. The molecule has 2 amide bonds. The summed E-state index contributed by atoms with van der Waals surface area (Å²) in [6, 6.07) is 16.3. The minimum Gasteiger partial charge on any atom is -0.477 e. The van der Waals surface area contributed by atoms with Gasteiger partial charge in [-0.05, 0) is 28.7 Å². The van der Waals surface area contributed by atoms with E-state index in [9.17, 15) is 14.4 Å². The molecule has 3 N–H and O–H groups in total. The summed E-state index contributed by atoms with van der Waals surface area (Å²) in [5.41, 5.74) is 3.89. The Balaban J connectivity index is 1.24. The van der Waals surface area contributed by atoms with Crippen molar-refractivity contribution in [3.8, 4) is 11.1 Å². The third-order valence-electron chi connectivity index (χ3n) is 6.14. The molecular weight excluding hydrogens is 466 g/mol. The van der Waals surface area contributed by atoms with Crippen molar-refractivity contribution in [1.82, 2.24) is 15.6 Å². The monoisotopic (exact) mass is 493 g/mol. The molecule has 3 aromatic rings. The molecule has 0 radical (unpaired) electrons. The van der Waals surface area contributed by atoms with Crippen molar-refractivity contribution in [3.05, 3.63) is 75.7 Å². The second kappa shape index (κ2) is 10.3. The Hall–Kier alpha value is -3.72. The molecule has 9 heteroatoms. The number of carboxylic acid groups (broad SMARTS) is 1. The molecule has 0 bridgehead atoms. The van der Waals surface area contributed by atoms with E-state index in [1.54, 1.807) is 13.8 Å². The molecule has 0 fully saturated rings. The number of hydrogen-bond donors (Lipinski definition) is 3. The summed E-state index contributed by atoms with van der Waals surface area (Å²) in [6.07, 6.45) is 1.16. The van der Waals surface area contributed by atoms with Gasteiger partial charge in [0.25, 0.3) is 0 Å². The predicted molar refractivity (Wildman–Crippen MR) is 132 cm³/mol. The smallest absolute Gasteiger partial charge is 0.407 e. The van der Waals surface area contributed by atoms with Gasteiger partial charge in [-0.15, -0.1) is 11.3 Å². The molecule has 0 saturated heterocycles. The van der Waals surface area contributed by atoms with E-state index >= 15 is 0 Å². The number of aromatic carboxylic acids is 1. The number of nitrogens with one attached hydrogen (secondary N) is 2. The Morgan fingerprint density at radius 1 is 1.03 bits per heavy atom. The number of benzene rings is 2. The van der Waals surface area contributed by atoms with Gasteiger partial charge in [0.05, 0.1) is 12.7 Å². The average Bonchev–Trinajstić information content (AvgIpc) is 3.44. The van der Waals surface area contributed by atoms with E-state index in [0.29, 0.717) is 11.4 Å². The van der Waals surface area contributed by atoms with Crippen LogP contribution < -0.4 is 10.6 Å². The van der Waals surface area contributed by atoms with E-state index in [2.05, 4.69) is 39.9 Å².